The summed E-state index contributed by atoms with van der Waals surface area (Å²) in [5, 5.41) is 0.895. The fourth-order valence-electron chi connectivity index (χ4n) is 1.13. The quantitative estimate of drug-likeness (QED) is 0.754. The number of hydrogen-bond donors (Lipinski definition) is 0. The summed E-state index contributed by atoms with van der Waals surface area (Å²) < 4.78 is 13.4. The maximum Gasteiger partial charge on any atom is 0.161 e. The Kier molecular flexibility index (Phi) is 2.79. The zero-order valence-electron chi connectivity index (χ0n) is 7.41. The third kappa shape index (κ3) is 2.06. The van der Waals surface area contributed by atoms with Gasteiger partial charge in [-0.3, -0.25) is 4.79 Å². The SMILES string of the molecule is O=Cc1cnc(-c2cc(Cl)ccc2F)s1. The molecule has 0 aliphatic rings. The lowest BCUT2D eigenvalue weighted by molar-refractivity contribution is 0.112. The average Bonchev–Trinajstić information content (AvgIpc) is 2.70. The number of benzene rings is 1. The molecule has 0 unspecified atom stereocenters. The van der Waals surface area contributed by atoms with Crippen molar-refractivity contribution in [3.8, 4) is 10.6 Å². The van der Waals surface area contributed by atoms with Gasteiger partial charge in [0.1, 0.15) is 10.8 Å². The van der Waals surface area contributed by atoms with Crippen LogP contribution in [0, 0.1) is 5.82 Å². The zero-order chi connectivity index (χ0) is 10.8. The van der Waals surface area contributed by atoms with Gasteiger partial charge < -0.3 is 0 Å². The van der Waals surface area contributed by atoms with Crippen LogP contribution in [-0.2, 0) is 0 Å². The first kappa shape index (κ1) is 10.3. The van der Waals surface area contributed by atoms with Gasteiger partial charge in [-0.15, -0.1) is 11.3 Å². The van der Waals surface area contributed by atoms with Crippen LogP contribution in [0.4, 0.5) is 4.39 Å². The molecule has 2 nitrogen and oxygen atoms in total. The van der Waals surface area contributed by atoms with Crippen molar-refractivity contribution in [2.45, 2.75) is 0 Å². The summed E-state index contributed by atoms with van der Waals surface area (Å²) in [7, 11) is 0. The van der Waals surface area contributed by atoms with Gasteiger partial charge in [0.05, 0.1) is 4.88 Å². The lowest BCUT2D eigenvalue weighted by atomic mass is 10.2. The summed E-state index contributed by atoms with van der Waals surface area (Å²) in [4.78, 5) is 14.9. The van der Waals surface area contributed by atoms with Crippen LogP contribution >= 0.6 is 22.9 Å². The van der Waals surface area contributed by atoms with E-state index in [9.17, 15) is 9.18 Å². The highest BCUT2D eigenvalue weighted by molar-refractivity contribution is 7.16. The summed E-state index contributed by atoms with van der Waals surface area (Å²) in [5.74, 6) is -0.397. The topological polar surface area (TPSA) is 30.0 Å². The standard InChI is InChI=1S/C10H5ClFNOS/c11-6-1-2-9(12)8(3-6)10-13-4-7(5-14)15-10/h1-5H. The average molecular weight is 242 g/mol. The summed E-state index contributed by atoms with van der Waals surface area (Å²) in [6.07, 6.45) is 2.09. The molecule has 0 radical (unpaired) electrons. The molecule has 1 aromatic heterocycles. The number of nitrogens with zero attached hydrogens (tertiary/aromatic N) is 1. The van der Waals surface area contributed by atoms with Crippen LogP contribution < -0.4 is 0 Å². The molecule has 0 amide bonds. The fraction of sp³-hybridized carbons (Fsp3) is 0. The van der Waals surface area contributed by atoms with Gasteiger partial charge in [-0.05, 0) is 18.2 Å². The molecule has 0 saturated carbocycles. The van der Waals surface area contributed by atoms with Gasteiger partial charge in [-0.1, -0.05) is 11.6 Å². The van der Waals surface area contributed by atoms with Crippen molar-refractivity contribution in [2.24, 2.45) is 0 Å². The predicted octanol–water partition coefficient (Wildman–Crippen LogP) is 3.42. The molecule has 5 heteroatoms. The second-order valence-corrected chi connectivity index (χ2v) is 4.31. The molecule has 0 atom stereocenters. The number of rotatable bonds is 2. The Labute approximate surface area is 94.3 Å². The molecule has 15 heavy (non-hydrogen) atoms. The molecule has 2 aromatic rings. The van der Waals surface area contributed by atoms with Gasteiger partial charge in [0.25, 0.3) is 0 Å². The second kappa shape index (κ2) is 4.08. The van der Waals surface area contributed by atoms with E-state index in [0.29, 0.717) is 26.8 Å². The van der Waals surface area contributed by atoms with E-state index in [2.05, 4.69) is 4.98 Å². The molecule has 0 saturated heterocycles. The van der Waals surface area contributed by atoms with Crippen molar-refractivity contribution in [3.05, 3.63) is 40.1 Å². The number of carbonyl (C=O) groups excluding carboxylic acids is 1. The maximum atomic E-state index is 13.4. The Morgan fingerprint density at radius 1 is 1.47 bits per heavy atom. The molecule has 1 heterocycles. The minimum atomic E-state index is -0.397. The highest BCUT2D eigenvalue weighted by Crippen LogP contribution is 2.28. The molecular weight excluding hydrogens is 237 g/mol. The lowest BCUT2D eigenvalue weighted by Gasteiger charge is -1.98. The lowest BCUT2D eigenvalue weighted by Crippen LogP contribution is -1.82. The smallest absolute Gasteiger partial charge is 0.161 e. The van der Waals surface area contributed by atoms with Gasteiger partial charge >= 0.3 is 0 Å². The van der Waals surface area contributed by atoms with E-state index in [1.807, 2.05) is 0 Å². The predicted molar refractivity (Wildman–Crippen MR) is 57.9 cm³/mol. The van der Waals surface area contributed by atoms with Crippen molar-refractivity contribution in [1.82, 2.24) is 4.98 Å². The van der Waals surface area contributed by atoms with Crippen LogP contribution in [-0.4, -0.2) is 11.3 Å². The Hall–Kier alpha value is -1.26. The molecule has 76 valence electrons. The fourth-order valence-corrected chi connectivity index (χ4v) is 2.05. The monoisotopic (exact) mass is 241 g/mol. The minimum absolute atomic E-state index is 0.320. The number of halogens is 2. The van der Waals surface area contributed by atoms with Crippen LogP contribution in [0.2, 0.25) is 5.02 Å². The van der Waals surface area contributed by atoms with E-state index >= 15 is 0 Å². The normalized spacial score (nSPS) is 10.3. The molecule has 0 spiro atoms. The molecule has 2 rings (SSSR count). The number of thiazole rings is 1. The van der Waals surface area contributed by atoms with Crippen LogP contribution in [0.25, 0.3) is 10.6 Å². The van der Waals surface area contributed by atoms with Gasteiger partial charge in [-0.25, -0.2) is 9.37 Å². The highest BCUT2D eigenvalue weighted by atomic mass is 35.5. The van der Waals surface area contributed by atoms with Crippen molar-refractivity contribution in [3.63, 3.8) is 0 Å². The summed E-state index contributed by atoms with van der Waals surface area (Å²) >= 11 is 6.88. The van der Waals surface area contributed by atoms with Crippen molar-refractivity contribution < 1.29 is 9.18 Å². The first-order chi connectivity index (χ1) is 7.20. The zero-order valence-corrected chi connectivity index (χ0v) is 8.98. The van der Waals surface area contributed by atoms with E-state index in [-0.39, 0.29) is 0 Å². The molecule has 0 aliphatic carbocycles. The molecule has 0 bridgehead atoms. The van der Waals surface area contributed by atoms with Crippen LogP contribution in [0.15, 0.2) is 24.4 Å². The molecule has 0 aliphatic heterocycles. The summed E-state index contributed by atoms with van der Waals surface area (Å²) in [5.41, 5.74) is 0.320. The number of hydrogen-bond acceptors (Lipinski definition) is 3. The van der Waals surface area contributed by atoms with Crippen LogP contribution in [0.1, 0.15) is 9.67 Å². The van der Waals surface area contributed by atoms with E-state index in [4.69, 9.17) is 11.6 Å². The van der Waals surface area contributed by atoms with Gasteiger partial charge in [0.2, 0.25) is 0 Å². The molecule has 0 fully saturated rings. The van der Waals surface area contributed by atoms with Crippen LogP contribution in [0.3, 0.4) is 0 Å². The van der Waals surface area contributed by atoms with Crippen molar-refractivity contribution in [2.75, 3.05) is 0 Å². The summed E-state index contributed by atoms with van der Waals surface area (Å²) in [6, 6.07) is 4.23. The van der Waals surface area contributed by atoms with E-state index < -0.39 is 5.82 Å². The second-order valence-electron chi connectivity index (χ2n) is 2.81. The number of aromatic nitrogens is 1. The van der Waals surface area contributed by atoms with E-state index in [1.54, 1.807) is 0 Å². The van der Waals surface area contributed by atoms with Gasteiger partial charge in [-0.2, -0.15) is 0 Å². The number of aldehydes is 1. The maximum absolute atomic E-state index is 13.4. The highest BCUT2D eigenvalue weighted by Gasteiger charge is 2.09. The first-order valence-corrected chi connectivity index (χ1v) is 5.26. The Morgan fingerprint density at radius 2 is 2.27 bits per heavy atom. The van der Waals surface area contributed by atoms with E-state index in [0.717, 1.165) is 11.3 Å². The Bertz CT molecular complexity index is 512. The summed E-state index contributed by atoms with van der Waals surface area (Å²) in [6.45, 7) is 0. The molecular formula is C10H5ClFNOS. The first-order valence-electron chi connectivity index (χ1n) is 4.07. The third-order valence-electron chi connectivity index (χ3n) is 1.80. The third-order valence-corrected chi connectivity index (χ3v) is 2.99. The Balaban J connectivity index is 2.52. The van der Waals surface area contributed by atoms with Crippen LogP contribution in [0.5, 0.6) is 0 Å². The van der Waals surface area contributed by atoms with Crippen molar-refractivity contribution >= 4 is 29.2 Å². The molecule has 0 N–H and O–H groups in total. The largest absolute Gasteiger partial charge is 0.297 e. The number of carbonyl (C=O) groups is 1. The molecule has 1 aromatic carbocycles. The van der Waals surface area contributed by atoms with E-state index in [1.165, 1.54) is 24.4 Å². The Morgan fingerprint density at radius 3 is 2.93 bits per heavy atom. The van der Waals surface area contributed by atoms with Gasteiger partial charge in [0, 0.05) is 16.8 Å². The van der Waals surface area contributed by atoms with Gasteiger partial charge in [0.15, 0.2) is 6.29 Å². The minimum Gasteiger partial charge on any atom is -0.297 e. The van der Waals surface area contributed by atoms with Crippen molar-refractivity contribution in [1.29, 1.82) is 0 Å².